The fraction of sp³-hybridized carbons (Fsp3) is 0.111. The van der Waals surface area contributed by atoms with Crippen LogP contribution in [-0.2, 0) is 6.61 Å². The molecule has 7 heteroatoms. The van der Waals surface area contributed by atoms with Gasteiger partial charge in [-0.3, -0.25) is 5.43 Å². The minimum absolute atomic E-state index is 0.249. The largest absolute Gasteiger partial charge is 0.488 e. The molecule has 3 aromatic rings. The third-order valence-electron chi connectivity index (χ3n) is 3.24. The van der Waals surface area contributed by atoms with Gasteiger partial charge < -0.3 is 4.74 Å². The van der Waals surface area contributed by atoms with E-state index in [2.05, 4.69) is 15.5 Å². The van der Waals surface area contributed by atoms with Crippen LogP contribution < -0.4 is 10.2 Å². The average molecular weight is 376 g/mol. The maximum Gasteiger partial charge on any atom is 0.203 e. The van der Waals surface area contributed by atoms with Gasteiger partial charge in [0.25, 0.3) is 0 Å². The summed E-state index contributed by atoms with van der Waals surface area (Å²) >= 11 is 7.53. The molecule has 0 spiro atoms. The molecule has 3 rings (SSSR count). The third kappa shape index (κ3) is 5.01. The molecule has 128 valence electrons. The van der Waals surface area contributed by atoms with Crippen LogP contribution in [0.3, 0.4) is 0 Å². The van der Waals surface area contributed by atoms with Crippen molar-refractivity contribution >= 4 is 34.3 Å². The fourth-order valence-electron chi connectivity index (χ4n) is 2.10. The van der Waals surface area contributed by atoms with Crippen LogP contribution in [0.25, 0.3) is 0 Å². The number of hydrogen-bond donors (Lipinski definition) is 1. The summed E-state index contributed by atoms with van der Waals surface area (Å²) in [5, 5.41) is 7.39. The smallest absolute Gasteiger partial charge is 0.203 e. The van der Waals surface area contributed by atoms with E-state index in [1.165, 1.54) is 23.5 Å². The van der Waals surface area contributed by atoms with Crippen LogP contribution in [-0.4, -0.2) is 11.2 Å². The highest BCUT2D eigenvalue weighted by Crippen LogP contribution is 2.23. The molecule has 0 fully saturated rings. The number of aryl methyl sites for hydroxylation is 1. The summed E-state index contributed by atoms with van der Waals surface area (Å²) in [6.07, 6.45) is 1.61. The summed E-state index contributed by atoms with van der Waals surface area (Å²) in [5.41, 5.74) is 5.26. The molecule has 1 N–H and O–H groups in total. The molecule has 0 bridgehead atoms. The maximum absolute atomic E-state index is 13.2. The fourth-order valence-corrected chi connectivity index (χ4v) is 2.92. The third-order valence-corrected chi connectivity index (χ3v) is 4.34. The SMILES string of the molecule is Cc1csc(NN=Cc2cc(Cl)ccc2OCc2cccc(F)c2)n1. The van der Waals surface area contributed by atoms with E-state index >= 15 is 0 Å². The van der Waals surface area contributed by atoms with Crippen LogP contribution in [0.2, 0.25) is 5.02 Å². The van der Waals surface area contributed by atoms with Gasteiger partial charge in [0.15, 0.2) is 0 Å². The first-order valence-electron chi connectivity index (χ1n) is 7.48. The Balaban J connectivity index is 1.71. The van der Waals surface area contributed by atoms with Crippen LogP contribution in [0, 0.1) is 12.7 Å². The zero-order valence-electron chi connectivity index (χ0n) is 13.4. The number of rotatable bonds is 6. The second-order valence-electron chi connectivity index (χ2n) is 5.26. The minimum Gasteiger partial charge on any atom is -0.488 e. The van der Waals surface area contributed by atoms with Gasteiger partial charge in [0.1, 0.15) is 18.2 Å². The van der Waals surface area contributed by atoms with Crippen molar-refractivity contribution in [1.82, 2.24) is 4.98 Å². The molecule has 1 heterocycles. The van der Waals surface area contributed by atoms with Crippen molar-refractivity contribution in [3.05, 3.63) is 75.5 Å². The Hall–Kier alpha value is -2.44. The molecule has 0 saturated heterocycles. The molecule has 0 amide bonds. The first-order valence-corrected chi connectivity index (χ1v) is 8.74. The van der Waals surface area contributed by atoms with E-state index in [-0.39, 0.29) is 12.4 Å². The zero-order valence-corrected chi connectivity index (χ0v) is 14.9. The van der Waals surface area contributed by atoms with E-state index in [0.29, 0.717) is 21.5 Å². The zero-order chi connectivity index (χ0) is 17.6. The molecule has 0 aliphatic carbocycles. The summed E-state index contributed by atoms with van der Waals surface area (Å²) in [5.74, 6) is 0.316. The van der Waals surface area contributed by atoms with Crippen molar-refractivity contribution in [2.45, 2.75) is 13.5 Å². The predicted octanol–water partition coefficient (Wildman–Crippen LogP) is 5.27. The molecular formula is C18H15ClFN3OS. The molecule has 25 heavy (non-hydrogen) atoms. The van der Waals surface area contributed by atoms with Crippen molar-refractivity contribution in [2.75, 3.05) is 5.43 Å². The number of hydrazone groups is 1. The highest BCUT2D eigenvalue weighted by Gasteiger charge is 2.05. The van der Waals surface area contributed by atoms with E-state index in [4.69, 9.17) is 16.3 Å². The second kappa shape index (κ2) is 8.09. The lowest BCUT2D eigenvalue weighted by Gasteiger charge is -2.09. The number of nitrogens with zero attached hydrogens (tertiary/aromatic N) is 2. The maximum atomic E-state index is 13.2. The molecule has 0 atom stereocenters. The van der Waals surface area contributed by atoms with Crippen molar-refractivity contribution in [3.63, 3.8) is 0 Å². The lowest BCUT2D eigenvalue weighted by molar-refractivity contribution is 0.305. The van der Waals surface area contributed by atoms with Crippen molar-refractivity contribution in [2.24, 2.45) is 5.10 Å². The Morgan fingerprint density at radius 2 is 2.20 bits per heavy atom. The van der Waals surface area contributed by atoms with Crippen LogP contribution >= 0.6 is 22.9 Å². The molecule has 0 radical (unpaired) electrons. The number of halogens is 2. The monoisotopic (exact) mass is 375 g/mol. The van der Waals surface area contributed by atoms with Crippen LogP contribution in [0.4, 0.5) is 9.52 Å². The lowest BCUT2D eigenvalue weighted by Crippen LogP contribution is -1.99. The van der Waals surface area contributed by atoms with Gasteiger partial charge in [-0.25, -0.2) is 9.37 Å². The molecule has 0 aliphatic rings. The van der Waals surface area contributed by atoms with Crippen LogP contribution in [0.1, 0.15) is 16.8 Å². The Kier molecular flexibility index (Phi) is 5.63. The van der Waals surface area contributed by atoms with Gasteiger partial charge in [-0.15, -0.1) is 11.3 Å². The number of nitrogens with one attached hydrogen (secondary N) is 1. The highest BCUT2D eigenvalue weighted by atomic mass is 35.5. The average Bonchev–Trinajstić information content (AvgIpc) is 2.99. The Bertz CT molecular complexity index is 898. The highest BCUT2D eigenvalue weighted by molar-refractivity contribution is 7.13. The molecule has 4 nitrogen and oxygen atoms in total. The topological polar surface area (TPSA) is 46.5 Å². The molecule has 2 aromatic carbocycles. The summed E-state index contributed by atoms with van der Waals surface area (Å²) < 4.78 is 19.0. The van der Waals surface area contributed by atoms with Crippen LogP contribution in [0.5, 0.6) is 5.75 Å². The number of aromatic nitrogens is 1. The van der Waals surface area contributed by atoms with E-state index in [1.807, 2.05) is 12.3 Å². The molecule has 1 aromatic heterocycles. The summed E-state index contributed by atoms with van der Waals surface area (Å²) in [4.78, 5) is 4.27. The minimum atomic E-state index is -0.290. The summed E-state index contributed by atoms with van der Waals surface area (Å²) in [6.45, 7) is 2.17. The normalized spacial score (nSPS) is 11.0. The lowest BCUT2D eigenvalue weighted by atomic mass is 10.2. The van der Waals surface area contributed by atoms with Crippen LogP contribution in [0.15, 0.2) is 52.9 Å². The molecule has 0 unspecified atom stereocenters. The van der Waals surface area contributed by atoms with Gasteiger partial charge in [0, 0.05) is 16.0 Å². The van der Waals surface area contributed by atoms with E-state index in [0.717, 1.165) is 11.3 Å². The van der Waals surface area contributed by atoms with Gasteiger partial charge in [-0.2, -0.15) is 5.10 Å². The molecule has 0 saturated carbocycles. The number of hydrogen-bond acceptors (Lipinski definition) is 5. The predicted molar refractivity (Wildman–Crippen MR) is 100 cm³/mol. The first kappa shape index (κ1) is 17.4. The number of benzene rings is 2. The van der Waals surface area contributed by atoms with Gasteiger partial charge in [-0.1, -0.05) is 23.7 Å². The number of anilines is 1. The van der Waals surface area contributed by atoms with Crippen molar-refractivity contribution in [3.8, 4) is 5.75 Å². The Morgan fingerprint density at radius 3 is 2.96 bits per heavy atom. The van der Waals surface area contributed by atoms with Gasteiger partial charge in [0.05, 0.1) is 11.9 Å². The number of thiazole rings is 1. The van der Waals surface area contributed by atoms with E-state index in [9.17, 15) is 4.39 Å². The van der Waals surface area contributed by atoms with Gasteiger partial charge in [-0.05, 0) is 42.8 Å². The number of ether oxygens (including phenoxy) is 1. The molecular weight excluding hydrogens is 361 g/mol. The van der Waals surface area contributed by atoms with E-state index < -0.39 is 0 Å². The van der Waals surface area contributed by atoms with Crippen molar-refractivity contribution < 1.29 is 9.13 Å². The first-order chi connectivity index (χ1) is 12.1. The summed E-state index contributed by atoms with van der Waals surface area (Å²) in [6, 6.07) is 11.5. The second-order valence-corrected chi connectivity index (χ2v) is 6.56. The van der Waals surface area contributed by atoms with E-state index in [1.54, 1.807) is 36.5 Å². The summed E-state index contributed by atoms with van der Waals surface area (Å²) in [7, 11) is 0. The standard InChI is InChI=1S/C18H15ClFN3OS/c1-12-11-25-18(22-12)23-21-9-14-8-15(19)5-6-17(14)24-10-13-3-2-4-16(20)7-13/h2-9,11H,10H2,1H3,(H,22,23). The van der Waals surface area contributed by atoms with Gasteiger partial charge >= 0.3 is 0 Å². The van der Waals surface area contributed by atoms with Crippen molar-refractivity contribution in [1.29, 1.82) is 0 Å². The Labute approximate surface area is 153 Å². The molecule has 0 aliphatic heterocycles. The Morgan fingerprint density at radius 1 is 1.32 bits per heavy atom. The van der Waals surface area contributed by atoms with Gasteiger partial charge in [0.2, 0.25) is 5.13 Å². The quantitative estimate of drug-likeness (QED) is 0.471.